The monoisotopic (exact) mass is 1220 g/mol. The summed E-state index contributed by atoms with van der Waals surface area (Å²) in [6, 6.07) is -3.47. The summed E-state index contributed by atoms with van der Waals surface area (Å²) in [5, 5.41) is 22.7. The summed E-state index contributed by atoms with van der Waals surface area (Å²) in [6.07, 6.45) is -5.03. The van der Waals surface area contributed by atoms with E-state index in [1.165, 1.54) is 61.6 Å². The smallest absolute Gasteiger partial charge is 0.329 e. The molecule has 5 rings (SSSR count). The van der Waals surface area contributed by atoms with E-state index in [2.05, 4.69) is 21.3 Å². The van der Waals surface area contributed by atoms with E-state index >= 15 is 14.4 Å². The van der Waals surface area contributed by atoms with Crippen molar-refractivity contribution in [2.24, 2.45) is 29.6 Å². The molecule has 0 spiro atoms. The molecule has 25 nitrogen and oxygen atoms in total. The Bertz CT molecular complexity index is 2670. The van der Waals surface area contributed by atoms with Gasteiger partial charge in [-0.05, 0) is 107 Å². The van der Waals surface area contributed by atoms with Crippen LogP contribution in [0.5, 0.6) is 5.75 Å². The first-order valence-electron chi connectivity index (χ1n) is 30.7. The summed E-state index contributed by atoms with van der Waals surface area (Å²) in [6.45, 7) is 18.3. The van der Waals surface area contributed by atoms with E-state index in [0.717, 1.165) is 0 Å². The molecule has 4 aliphatic rings. The van der Waals surface area contributed by atoms with Crippen molar-refractivity contribution in [1.29, 1.82) is 0 Å². The van der Waals surface area contributed by atoms with E-state index in [9.17, 15) is 48.3 Å². The zero-order valence-corrected chi connectivity index (χ0v) is 53.1. The fourth-order valence-electron chi connectivity index (χ4n) is 11.6. The molecule has 14 atom stereocenters. The number of aliphatic hydroxyl groups excluding tert-OH is 1. The van der Waals surface area contributed by atoms with Crippen molar-refractivity contribution >= 4 is 70.9 Å². The van der Waals surface area contributed by atoms with Gasteiger partial charge in [-0.1, -0.05) is 73.9 Å². The molecule has 4 aliphatic heterocycles. The molecule has 0 aliphatic carbocycles. The number of likely N-dealkylation sites (N-methyl/N-ethyl adjacent to an activating group) is 2. The molecular weight excluding hydrogens is 1130 g/mol. The molecule has 25 heteroatoms. The van der Waals surface area contributed by atoms with Crippen molar-refractivity contribution < 1.29 is 81.6 Å². The average Bonchev–Trinajstić information content (AvgIpc) is 2.11. The number of hydrogen-bond donors (Lipinski definition) is 5. The van der Waals surface area contributed by atoms with Crippen molar-refractivity contribution in [3.63, 3.8) is 0 Å². The van der Waals surface area contributed by atoms with Gasteiger partial charge in [0.15, 0.2) is 18.0 Å². The third-order valence-electron chi connectivity index (χ3n) is 17.0. The SMILES string of the molecule is CCC(C)C1NC(=O)[C@@H](NC(=O)[C@H](CC(C)C)N(C)C(=O)[C@@H]2CCCN2C(=O)[C@@H](C)OC(=O)C2CCC(=O)N2)[C@@H](C)OC(=O)[C@H](Cc2ccc(OC)cc2)N(C)C(=O)[C@@H]2CCCN2C(=O)[C@H](CC(C)C)NC(=O)C(C)C(=O)C(C(C)C)OC(=O)CC1O. The van der Waals surface area contributed by atoms with Crippen molar-refractivity contribution in [1.82, 2.24) is 40.9 Å². The van der Waals surface area contributed by atoms with Gasteiger partial charge < -0.3 is 64.9 Å². The number of methoxy groups -OCH3 is 1. The summed E-state index contributed by atoms with van der Waals surface area (Å²) in [5.74, 6) is -11.8. The van der Waals surface area contributed by atoms with Gasteiger partial charge in [-0.3, -0.25) is 47.9 Å². The molecule has 1 aromatic carbocycles. The minimum Gasteiger partial charge on any atom is -0.497 e. The predicted octanol–water partition coefficient (Wildman–Crippen LogP) is 2.15. The Kier molecular flexibility index (Phi) is 25.7. The zero-order valence-electron chi connectivity index (χ0n) is 53.1. The number of likely N-dealkylation sites (tertiary alicyclic amines) is 1. The topological polar surface area (TPSA) is 323 Å². The molecule has 0 radical (unpaired) electrons. The minimum atomic E-state index is -1.81. The van der Waals surface area contributed by atoms with Crippen LogP contribution in [0.2, 0.25) is 0 Å². The highest BCUT2D eigenvalue weighted by Crippen LogP contribution is 2.28. The maximum atomic E-state index is 15.1. The molecule has 1 aromatic rings. The lowest BCUT2D eigenvalue weighted by molar-refractivity contribution is -0.163. The number of nitrogens with zero attached hydrogens (tertiary/aromatic N) is 4. The number of cyclic esters (lactones) is 2. The highest BCUT2D eigenvalue weighted by Gasteiger charge is 2.47. The van der Waals surface area contributed by atoms with Gasteiger partial charge in [-0.25, -0.2) is 9.59 Å². The molecule has 0 saturated carbocycles. The summed E-state index contributed by atoms with van der Waals surface area (Å²) < 4.78 is 22.7. The van der Waals surface area contributed by atoms with Crippen molar-refractivity contribution in [2.75, 3.05) is 34.3 Å². The molecule has 0 bridgehead atoms. The maximum absolute atomic E-state index is 15.1. The number of hydrogen-bond acceptors (Lipinski definition) is 17. The van der Waals surface area contributed by atoms with Gasteiger partial charge in [-0.2, -0.15) is 0 Å². The Morgan fingerprint density at radius 2 is 1.48 bits per heavy atom. The van der Waals surface area contributed by atoms with Crippen LogP contribution in [-0.4, -0.2) is 203 Å². The first-order valence-corrected chi connectivity index (χ1v) is 30.7. The van der Waals surface area contributed by atoms with Crippen molar-refractivity contribution in [3.8, 4) is 5.75 Å². The first kappa shape index (κ1) is 70.6. The van der Waals surface area contributed by atoms with Crippen molar-refractivity contribution in [3.05, 3.63) is 29.8 Å². The van der Waals surface area contributed by atoms with Crippen LogP contribution >= 0.6 is 0 Å². The Morgan fingerprint density at radius 3 is 2.07 bits per heavy atom. The Balaban J connectivity index is 1.58. The highest BCUT2D eigenvalue weighted by atomic mass is 16.6. The Morgan fingerprint density at radius 1 is 0.828 bits per heavy atom. The lowest BCUT2D eigenvalue weighted by Gasteiger charge is -2.36. The van der Waals surface area contributed by atoms with E-state index in [1.807, 2.05) is 13.8 Å². The average molecular weight is 1220 g/mol. The number of ether oxygens (including phenoxy) is 4. The summed E-state index contributed by atoms with van der Waals surface area (Å²) >= 11 is 0. The molecule has 6 unspecified atom stereocenters. The maximum Gasteiger partial charge on any atom is 0.329 e. The van der Waals surface area contributed by atoms with E-state index < -0.39 is 162 Å². The summed E-state index contributed by atoms with van der Waals surface area (Å²) in [5.41, 5.74) is 0.553. The second-order valence-corrected chi connectivity index (χ2v) is 25.0. The standard InChI is InChI=1S/C62H94N8O17/c1-15-35(8)50-47(71)31-49(73)87-53(34(6)7)52(74)36(9)54(75)64-42(28-32(2)3)58(79)70-27-17-19-44(70)60(81)68(13)46(30-39-20-22-40(84-14)23-21-39)62(83)85-37(10)51(56(77)65-50)66-55(76)45(29-33(4)5)67(12)59(80)43-18-16-26-69(43)57(78)38(11)86-61(82)41-24-25-48(72)63-41/h20-23,32-38,41-47,50-51,53,71H,15-19,24-31H2,1-14H3,(H,63,72)(H,64,75)(H,65,77)(H,66,76)/t35?,36?,37-,38-,41?,42+,43+,44+,45+,46+,47?,50?,51+,53?/m1/s1. The second kappa shape index (κ2) is 31.6. The molecule has 0 aromatic heterocycles. The number of amides is 8. The third-order valence-corrected chi connectivity index (χ3v) is 17.0. The predicted molar refractivity (Wildman–Crippen MR) is 315 cm³/mol. The Labute approximate surface area is 510 Å². The van der Waals surface area contributed by atoms with Crippen LogP contribution < -0.4 is 26.0 Å². The fourth-order valence-corrected chi connectivity index (χ4v) is 11.6. The quantitative estimate of drug-likeness (QED) is 0.0848. The number of carbonyl (C=O) groups excluding carboxylic acids is 12. The third kappa shape index (κ3) is 18.2. The summed E-state index contributed by atoms with van der Waals surface area (Å²) in [7, 11) is 4.25. The number of ketones is 1. The van der Waals surface area contributed by atoms with Gasteiger partial charge in [0.25, 0.3) is 5.91 Å². The van der Waals surface area contributed by atoms with Crippen LogP contribution in [-0.2, 0) is 78.2 Å². The number of fused-ring (bicyclic) bond motifs is 1. The van der Waals surface area contributed by atoms with Gasteiger partial charge in [0.1, 0.15) is 54.1 Å². The lowest BCUT2D eigenvalue weighted by Crippen LogP contribution is -2.62. The molecule has 4 saturated heterocycles. The number of benzene rings is 1. The van der Waals surface area contributed by atoms with E-state index in [0.29, 0.717) is 30.6 Å². The first-order chi connectivity index (χ1) is 40.9. The van der Waals surface area contributed by atoms with Crippen LogP contribution in [0.15, 0.2) is 24.3 Å². The molecule has 87 heavy (non-hydrogen) atoms. The number of aliphatic hydroxyl groups is 1. The second-order valence-electron chi connectivity index (χ2n) is 25.0. The van der Waals surface area contributed by atoms with Gasteiger partial charge in [0, 0.05) is 40.0 Å². The molecule has 5 N–H and O–H groups in total. The molecule has 8 amide bonds. The molecule has 4 heterocycles. The van der Waals surface area contributed by atoms with Gasteiger partial charge in [0.2, 0.25) is 41.4 Å². The fraction of sp³-hybridized carbons (Fsp3) is 0.710. The molecular formula is C62H94N8O17. The van der Waals surface area contributed by atoms with Crippen LogP contribution in [0.3, 0.4) is 0 Å². The minimum absolute atomic E-state index is 0.0211. The number of esters is 3. The van der Waals surface area contributed by atoms with E-state index in [-0.39, 0.29) is 75.8 Å². The lowest BCUT2D eigenvalue weighted by atomic mass is 9.91. The van der Waals surface area contributed by atoms with E-state index in [1.54, 1.807) is 65.8 Å². The van der Waals surface area contributed by atoms with Crippen LogP contribution in [0.1, 0.15) is 146 Å². The highest BCUT2D eigenvalue weighted by molar-refractivity contribution is 6.05. The van der Waals surface area contributed by atoms with Gasteiger partial charge in [0.05, 0.1) is 31.6 Å². The number of rotatable bonds is 17. The zero-order chi connectivity index (χ0) is 64.9. The largest absolute Gasteiger partial charge is 0.497 e. The van der Waals surface area contributed by atoms with Crippen molar-refractivity contribution in [2.45, 2.75) is 220 Å². The number of Topliss-reactive ketones (excluding diaryl/α,β-unsaturated/α-hetero) is 1. The van der Waals surface area contributed by atoms with Crippen LogP contribution in [0.4, 0.5) is 0 Å². The number of nitrogens with one attached hydrogen (secondary N) is 4. The van der Waals surface area contributed by atoms with Crippen LogP contribution in [0.25, 0.3) is 0 Å². The normalized spacial score (nSPS) is 27.8. The molecule has 4 fully saturated rings. The molecule has 484 valence electrons. The van der Waals surface area contributed by atoms with Crippen LogP contribution in [0, 0.1) is 29.6 Å². The number of carbonyl (C=O) groups is 12. The van der Waals surface area contributed by atoms with E-state index in [4.69, 9.17) is 18.9 Å². The Hall–Kier alpha value is -7.18. The van der Waals surface area contributed by atoms with Gasteiger partial charge in [-0.15, -0.1) is 0 Å². The summed E-state index contributed by atoms with van der Waals surface area (Å²) in [4.78, 5) is 175. The van der Waals surface area contributed by atoms with Gasteiger partial charge >= 0.3 is 17.9 Å².